The van der Waals surface area contributed by atoms with E-state index in [0.717, 1.165) is 15.8 Å². The molecule has 1 amide bonds. The predicted molar refractivity (Wildman–Crippen MR) is 144 cm³/mol. The van der Waals surface area contributed by atoms with E-state index in [1.165, 1.54) is 16.2 Å². The van der Waals surface area contributed by atoms with Gasteiger partial charge in [-0.2, -0.15) is 0 Å². The molecule has 192 valence electrons. The summed E-state index contributed by atoms with van der Waals surface area (Å²) in [7, 11) is 0. The summed E-state index contributed by atoms with van der Waals surface area (Å²) in [6, 6.07) is 17.0. The van der Waals surface area contributed by atoms with Gasteiger partial charge < -0.3 is 19.3 Å². The van der Waals surface area contributed by atoms with Crippen molar-refractivity contribution in [3.8, 4) is 17.2 Å². The number of fused-ring (bicyclic) bond motifs is 2. The number of rotatable bonds is 5. The Labute approximate surface area is 222 Å². The lowest BCUT2D eigenvalue weighted by molar-refractivity contribution is -0.132. The summed E-state index contributed by atoms with van der Waals surface area (Å²) in [5.41, 5.74) is 2.77. The highest BCUT2D eigenvalue weighted by Gasteiger charge is 2.48. The van der Waals surface area contributed by atoms with Gasteiger partial charge in [0.2, 0.25) is 0 Å². The largest absolute Gasteiger partial charge is 0.507 e. The van der Waals surface area contributed by atoms with Crippen molar-refractivity contribution in [2.45, 2.75) is 19.9 Å². The first-order valence-corrected chi connectivity index (χ1v) is 13.1. The number of ketones is 1. The lowest BCUT2D eigenvalue weighted by Crippen LogP contribution is -2.29. The van der Waals surface area contributed by atoms with Crippen molar-refractivity contribution in [2.24, 2.45) is 0 Å². The van der Waals surface area contributed by atoms with Crippen LogP contribution in [0.1, 0.15) is 29.7 Å². The van der Waals surface area contributed by atoms with Gasteiger partial charge in [0.15, 0.2) is 16.6 Å². The molecular formula is C29H24N2O6S. The summed E-state index contributed by atoms with van der Waals surface area (Å²) >= 11 is 1.33. The molecule has 0 saturated carbocycles. The van der Waals surface area contributed by atoms with Crippen molar-refractivity contribution in [3.63, 3.8) is 0 Å². The van der Waals surface area contributed by atoms with Gasteiger partial charge >= 0.3 is 5.91 Å². The van der Waals surface area contributed by atoms with Crippen molar-refractivity contribution in [1.82, 2.24) is 4.98 Å². The molecule has 2 aliphatic heterocycles. The maximum atomic E-state index is 13.5. The van der Waals surface area contributed by atoms with E-state index in [9.17, 15) is 14.7 Å². The molecule has 0 spiro atoms. The minimum atomic E-state index is -0.888. The second kappa shape index (κ2) is 9.50. The number of carbonyl (C=O) groups is 2. The Kier molecular flexibility index (Phi) is 6.00. The van der Waals surface area contributed by atoms with Crippen LogP contribution < -0.4 is 19.1 Å². The third-order valence-corrected chi connectivity index (χ3v) is 7.52. The topological polar surface area (TPSA) is 98.2 Å². The number of anilines is 1. The molecule has 1 unspecified atom stereocenters. The van der Waals surface area contributed by atoms with Crippen LogP contribution in [-0.4, -0.2) is 41.6 Å². The Morgan fingerprint density at radius 1 is 1.05 bits per heavy atom. The summed E-state index contributed by atoms with van der Waals surface area (Å²) in [5, 5.41) is 11.8. The zero-order valence-electron chi connectivity index (χ0n) is 20.8. The molecule has 1 atom stereocenters. The van der Waals surface area contributed by atoms with Crippen molar-refractivity contribution < 1.29 is 28.9 Å². The van der Waals surface area contributed by atoms with Gasteiger partial charge in [-0.05, 0) is 67.4 Å². The smallest absolute Gasteiger partial charge is 0.301 e. The molecule has 8 nitrogen and oxygen atoms in total. The number of benzene rings is 3. The van der Waals surface area contributed by atoms with Crippen LogP contribution in [0.2, 0.25) is 0 Å². The van der Waals surface area contributed by atoms with E-state index < -0.39 is 17.7 Å². The molecule has 6 rings (SSSR count). The van der Waals surface area contributed by atoms with Crippen molar-refractivity contribution >= 4 is 44.1 Å². The molecule has 0 bridgehead atoms. The van der Waals surface area contributed by atoms with E-state index in [-0.39, 0.29) is 11.3 Å². The van der Waals surface area contributed by atoms with Crippen LogP contribution in [0.5, 0.6) is 17.2 Å². The first-order chi connectivity index (χ1) is 18.4. The van der Waals surface area contributed by atoms with Gasteiger partial charge in [0.05, 0.1) is 28.4 Å². The number of aliphatic hydroxyl groups is 1. The van der Waals surface area contributed by atoms with Crippen molar-refractivity contribution in [3.05, 3.63) is 82.9 Å². The number of carbonyl (C=O) groups excluding carboxylic acids is 2. The number of hydrogen-bond acceptors (Lipinski definition) is 8. The number of aromatic nitrogens is 1. The maximum Gasteiger partial charge on any atom is 0.301 e. The Morgan fingerprint density at radius 3 is 2.58 bits per heavy atom. The Balaban J connectivity index is 1.52. The number of Topliss-reactive ketones (excluding diaryl/α,β-unsaturated/α-hetero) is 1. The minimum Gasteiger partial charge on any atom is -0.507 e. The second-order valence-electron chi connectivity index (χ2n) is 9.00. The van der Waals surface area contributed by atoms with Crippen LogP contribution >= 0.6 is 11.3 Å². The molecule has 3 aromatic carbocycles. The summed E-state index contributed by atoms with van der Waals surface area (Å²) in [5.74, 6) is -0.144. The fraction of sp³-hybridized carbons (Fsp3) is 0.207. The normalized spacial score (nSPS) is 18.3. The van der Waals surface area contributed by atoms with E-state index in [4.69, 9.17) is 14.2 Å². The molecule has 4 aromatic rings. The molecule has 9 heteroatoms. The van der Waals surface area contributed by atoms with Crippen LogP contribution in [-0.2, 0) is 9.59 Å². The number of hydrogen-bond donors (Lipinski definition) is 1. The lowest BCUT2D eigenvalue weighted by Gasteiger charge is -2.23. The van der Waals surface area contributed by atoms with Crippen LogP contribution in [0.15, 0.2) is 66.2 Å². The van der Waals surface area contributed by atoms with Gasteiger partial charge in [-0.25, -0.2) is 4.98 Å². The SMILES string of the molecule is CCOc1ccc(C2/C(=C(\O)c3ccc4c(c3)OCCO4)C(=O)C(=O)N2c2nc3ccc(C)cc3s2)cc1. The number of aryl methyl sites for hydroxylation is 1. The fourth-order valence-corrected chi connectivity index (χ4v) is 5.82. The number of thiazole rings is 1. The second-order valence-corrected chi connectivity index (χ2v) is 10.0. The molecule has 2 aliphatic rings. The molecule has 0 radical (unpaired) electrons. The minimum absolute atomic E-state index is 0.0220. The first kappa shape index (κ1) is 24.0. The lowest BCUT2D eigenvalue weighted by atomic mass is 9.95. The molecule has 3 heterocycles. The summed E-state index contributed by atoms with van der Waals surface area (Å²) in [4.78, 5) is 33.1. The number of aliphatic hydroxyl groups excluding tert-OH is 1. The van der Waals surface area contributed by atoms with Gasteiger partial charge in [-0.15, -0.1) is 0 Å². The van der Waals surface area contributed by atoms with Gasteiger partial charge in [0, 0.05) is 5.56 Å². The van der Waals surface area contributed by atoms with E-state index >= 15 is 0 Å². The van der Waals surface area contributed by atoms with Crippen LogP contribution in [0.4, 0.5) is 5.13 Å². The molecule has 1 aromatic heterocycles. The molecule has 0 aliphatic carbocycles. The zero-order chi connectivity index (χ0) is 26.4. The summed E-state index contributed by atoms with van der Waals surface area (Å²) in [6.07, 6.45) is 0. The summed E-state index contributed by atoms with van der Waals surface area (Å²) < 4.78 is 17.7. The van der Waals surface area contributed by atoms with Crippen LogP contribution in [0.25, 0.3) is 16.0 Å². The van der Waals surface area contributed by atoms with Crippen LogP contribution in [0.3, 0.4) is 0 Å². The van der Waals surface area contributed by atoms with Crippen molar-refractivity contribution in [1.29, 1.82) is 0 Å². The van der Waals surface area contributed by atoms with E-state index in [1.807, 2.05) is 32.0 Å². The molecule has 1 N–H and O–H groups in total. The number of nitrogens with zero attached hydrogens (tertiary/aromatic N) is 2. The standard InChI is InChI=1S/C29H24N2O6S/c1-3-35-19-8-5-17(6-9-19)25-24(26(32)18-7-11-21-22(15-18)37-13-12-36-21)27(33)28(34)31(25)29-30-20-10-4-16(2)14-23(20)38-29/h4-11,14-15,25,32H,3,12-13H2,1-2H3/b26-24+. The van der Waals surface area contributed by atoms with E-state index in [0.29, 0.717) is 53.3 Å². The van der Waals surface area contributed by atoms with E-state index in [1.54, 1.807) is 42.5 Å². The number of ether oxygens (including phenoxy) is 3. The maximum absolute atomic E-state index is 13.5. The van der Waals surface area contributed by atoms with Crippen molar-refractivity contribution in [2.75, 3.05) is 24.7 Å². The quantitative estimate of drug-likeness (QED) is 0.210. The highest BCUT2D eigenvalue weighted by atomic mass is 32.1. The third kappa shape index (κ3) is 4.05. The monoisotopic (exact) mass is 528 g/mol. The number of amides is 1. The molecular weight excluding hydrogens is 504 g/mol. The first-order valence-electron chi connectivity index (χ1n) is 12.3. The fourth-order valence-electron chi connectivity index (χ4n) is 4.73. The van der Waals surface area contributed by atoms with Gasteiger partial charge in [-0.1, -0.05) is 29.5 Å². The Hall–Kier alpha value is -4.37. The van der Waals surface area contributed by atoms with Crippen LogP contribution in [0, 0.1) is 6.92 Å². The third-order valence-electron chi connectivity index (χ3n) is 6.51. The Bertz CT molecular complexity index is 1610. The highest BCUT2D eigenvalue weighted by Crippen LogP contribution is 2.45. The molecule has 1 fully saturated rings. The highest BCUT2D eigenvalue weighted by molar-refractivity contribution is 7.22. The van der Waals surface area contributed by atoms with Gasteiger partial charge in [0.25, 0.3) is 5.78 Å². The predicted octanol–water partition coefficient (Wildman–Crippen LogP) is 5.40. The average Bonchev–Trinajstić information content (AvgIpc) is 3.46. The molecule has 38 heavy (non-hydrogen) atoms. The molecule has 1 saturated heterocycles. The Morgan fingerprint density at radius 2 is 1.82 bits per heavy atom. The average molecular weight is 529 g/mol. The van der Waals surface area contributed by atoms with E-state index in [2.05, 4.69) is 4.98 Å². The summed E-state index contributed by atoms with van der Waals surface area (Å²) in [6.45, 7) is 5.20. The zero-order valence-corrected chi connectivity index (χ0v) is 21.6. The van der Waals surface area contributed by atoms with Gasteiger partial charge in [-0.3, -0.25) is 14.5 Å². The van der Waals surface area contributed by atoms with Gasteiger partial charge in [0.1, 0.15) is 24.7 Å².